The van der Waals surface area contributed by atoms with Gasteiger partial charge < -0.3 is 4.79 Å². The van der Waals surface area contributed by atoms with Crippen molar-refractivity contribution in [1.82, 2.24) is 0 Å². The van der Waals surface area contributed by atoms with Gasteiger partial charge in [0.05, 0.1) is 0 Å². The second kappa shape index (κ2) is 5.07. The van der Waals surface area contributed by atoms with Crippen molar-refractivity contribution in [3.05, 3.63) is 29.3 Å². The predicted octanol–water partition coefficient (Wildman–Crippen LogP) is 2.85. The molecule has 0 radical (unpaired) electrons. The molecule has 0 N–H and O–H groups in total. The van der Waals surface area contributed by atoms with Crippen LogP contribution in [0.3, 0.4) is 0 Å². The van der Waals surface area contributed by atoms with Gasteiger partial charge in [-0.2, -0.15) is 0 Å². The molecule has 0 aromatic heterocycles. The van der Waals surface area contributed by atoms with Gasteiger partial charge in [0.25, 0.3) is 0 Å². The maximum Gasteiger partial charge on any atom is 0.120 e. The Morgan fingerprint density at radius 1 is 1.46 bits per heavy atom. The molecule has 1 nitrogen and oxygen atoms in total. The zero-order valence-corrected chi connectivity index (χ0v) is 8.86. The summed E-state index contributed by atoms with van der Waals surface area (Å²) in [5.74, 6) is 0. The highest BCUT2D eigenvalue weighted by Crippen LogP contribution is 2.22. The Morgan fingerprint density at radius 2 is 2.23 bits per heavy atom. The lowest BCUT2D eigenvalue weighted by Crippen LogP contribution is -1.90. The third kappa shape index (κ3) is 2.88. The summed E-state index contributed by atoms with van der Waals surface area (Å²) in [6.45, 7) is 2.09. The highest BCUT2D eigenvalue weighted by Gasteiger charge is 2.00. The van der Waals surface area contributed by atoms with Crippen molar-refractivity contribution < 1.29 is 4.79 Å². The molecule has 0 unspecified atom stereocenters. The highest BCUT2D eigenvalue weighted by molar-refractivity contribution is 7.98. The van der Waals surface area contributed by atoms with E-state index in [1.54, 1.807) is 11.8 Å². The number of rotatable bonds is 4. The molecule has 0 aliphatic rings. The van der Waals surface area contributed by atoms with Crippen molar-refractivity contribution in [1.29, 1.82) is 0 Å². The maximum absolute atomic E-state index is 10.2. The van der Waals surface area contributed by atoms with Crippen LogP contribution in [0.4, 0.5) is 0 Å². The average molecular weight is 194 g/mol. The van der Waals surface area contributed by atoms with Gasteiger partial charge in [0.15, 0.2) is 0 Å². The molecule has 0 atom stereocenters. The molecule has 1 aromatic carbocycles. The number of carbonyl (C=O) groups is 1. The summed E-state index contributed by atoms with van der Waals surface area (Å²) in [5, 5.41) is 0. The Bertz CT molecular complexity index is 294. The van der Waals surface area contributed by atoms with Crippen LogP contribution in [-0.4, -0.2) is 12.5 Å². The molecule has 0 spiro atoms. The van der Waals surface area contributed by atoms with Crippen LogP contribution in [0.2, 0.25) is 0 Å². The molecule has 0 fully saturated rings. The molecule has 0 amide bonds. The van der Waals surface area contributed by atoms with E-state index in [9.17, 15) is 4.79 Å². The van der Waals surface area contributed by atoms with E-state index in [1.165, 1.54) is 16.0 Å². The average Bonchev–Trinajstić information content (AvgIpc) is 2.16. The third-order valence-electron chi connectivity index (χ3n) is 1.97. The first-order chi connectivity index (χ1) is 6.27. The minimum atomic E-state index is 0.622. The molecule has 0 heterocycles. The summed E-state index contributed by atoms with van der Waals surface area (Å²) in [5.41, 5.74) is 2.56. The van der Waals surface area contributed by atoms with E-state index in [2.05, 4.69) is 31.4 Å². The fraction of sp³-hybridized carbons (Fsp3) is 0.364. The van der Waals surface area contributed by atoms with Crippen LogP contribution in [0.15, 0.2) is 23.1 Å². The van der Waals surface area contributed by atoms with Crippen molar-refractivity contribution >= 4 is 18.0 Å². The van der Waals surface area contributed by atoms with E-state index in [-0.39, 0.29) is 0 Å². The van der Waals surface area contributed by atoms with E-state index >= 15 is 0 Å². The zero-order valence-electron chi connectivity index (χ0n) is 8.04. The van der Waals surface area contributed by atoms with Crippen LogP contribution >= 0.6 is 11.8 Å². The van der Waals surface area contributed by atoms with Gasteiger partial charge in [0.1, 0.15) is 6.29 Å². The highest BCUT2D eigenvalue weighted by atomic mass is 32.2. The summed E-state index contributed by atoms with van der Waals surface area (Å²) < 4.78 is 0. The van der Waals surface area contributed by atoms with Crippen molar-refractivity contribution in [2.24, 2.45) is 0 Å². The van der Waals surface area contributed by atoms with Crippen LogP contribution < -0.4 is 0 Å². The van der Waals surface area contributed by atoms with Gasteiger partial charge in [-0.05, 0) is 31.2 Å². The minimum absolute atomic E-state index is 0.622. The molecule has 0 bridgehead atoms. The minimum Gasteiger partial charge on any atom is -0.303 e. The lowest BCUT2D eigenvalue weighted by Gasteiger charge is -2.06. The van der Waals surface area contributed by atoms with Gasteiger partial charge in [-0.1, -0.05) is 17.7 Å². The zero-order chi connectivity index (χ0) is 9.68. The monoisotopic (exact) mass is 194 g/mol. The molecule has 0 saturated heterocycles. The first-order valence-corrected chi connectivity index (χ1v) is 5.57. The van der Waals surface area contributed by atoms with Crippen molar-refractivity contribution in [2.45, 2.75) is 24.7 Å². The Morgan fingerprint density at radius 3 is 2.85 bits per heavy atom. The van der Waals surface area contributed by atoms with Gasteiger partial charge >= 0.3 is 0 Å². The Balaban J connectivity index is 2.85. The van der Waals surface area contributed by atoms with Crippen molar-refractivity contribution in [3.63, 3.8) is 0 Å². The Kier molecular flexibility index (Phi) is 4.03. The predicted molar refractivity (Wildman–Crippen MR) is 57.3 cm³/mol. The second-order valence-electron chi connectivity index (χ2n) is 3.02. The molecule has 0 aliphatic carbocycles. The van der Waals surface area contributed by atoms with Crippen molar-refractivity contribution in [3.8, 4) is 0 Å². The molecule has 13 heavy (non-hydrogen) atoms. The summed E-state index contributed by atoms with van der Waals surface area (Å²) in [6, 6.07) is 6.38. The van der Waals surface area contributed by atoms with E-state index in [0.29, 0.717) is 6.42 Å². The van der Waals surface area contributed by atoms with Gasteiger partial charge in [-0.15, -0.1) is 11.8 Å². The first kappa shape index (κ1) is 10.3. The molecular formula is C11H14OS. The number of carbonyl (C=O) groups excluding carboxylic acids is 1. The smallest absolute Gasteiger partial charge is 0.120 e. The van der Waals surface area contributed by atoms with Crippen molar-refractivity contribution in [2.75, 3.05) is 6.26 Å². The van der Waals surface area contributed by atoms with E-state index in [1.807, 2.05) is 0 Å². The largest absolute Gasteiger partial charge is 0.303 e. The molecule has 0 aliphatic heterocycles. The van der Waals surface area contributed by atoms with Crippen LogP contribution in [0.5, 0.6) is 0 Å². The van der Waals surface area contributed by atoms with Crippen LogP contribution in [0.1, 0.15) is 17.5 Å². The SMILES string of the molecule is CSc1cc(C)ccc1CCC=O. The van der Waals surface area contributed by atoms with E-state index < -0.39 is 0 Å². The Hall–Kier alpha value is -0.760. The number of benzene rings is 1. The van der Waals surface area contributed by atoms with Gasteiger partial charge in [-0.25, -0.2) is 0 Å². The number of aryl methyl sites for hydroxylation is 2. The number of hydrogen-bond donors (Lipinski definition) is 0. The lowest BCUT2D eigenvalue weighted by atomic mass is 10.1. The van der Waals surface area contributed by atoms with Crippen LogP contribution in [-0.2, 0) is 11.2 Å². The fourth-order valence-electron chi connectivity index (χ4n) is 1.27. The topological polar surface area (TPSA) is 17.1 Å². The quantitative estimate of drug-likeness (QED) is 0.541. The summed E-state index contributed by atoms with van der Waals surface area (Å²) in [7, 11) is 0. The van der Waals surface area contributed by atoms with E-state index in [0.717, 1.165) is 12.7 Å². The van der Waals surface area contributed by atoms with E-state index in [4.69, 9.17) is 0 Å². The summed E-state index contributed by atoms with van der Waals surface area (Å²) >= 11 is 1.74. The summed E-state index contributed by atoms with van der Waals surface area (Å²) in [6.07, 6.45) is 4.53. The van der Waals surface area contributed by atoms with Gasteiger partial charge in [0.2, 0.25) is 0 Å². The number of aldehydes is 1. The van der Waals surface area contributed by atoms with Gasteiger partial charge in [-0.3, -0.25) is 0 Å². The normalized spacial score (nSPS) is 10.0. The molecule has 2 heteroatoms. The van der Waals surface area contributed by atoms with Crippen LogP contribution in [0.25, 0.3) is 0 Å². The number of hydrogen-bond acceptors (Lipinski definition) is 2. The fourth-order valence-corrected chi connectivity index (χ4v) is 2.01. The lowest BCUT2D eigenvalue weighted by molar-refractivity contribution is -0.107. The Labute approximate surface area is 83.5 Å². The summed E-state index contributed by atoms with van der Waals surface area (Å²) in [4.78, 5) is 11.5. The van der Waals surface area contributed by atoms with Crippen LogP contribution in [0, 0.1) is 6.92 Å². The van der Waals surface area contributed by atoms with Gasteiger partial charge in [0, 0.05) is 11.3 Å². The molecular weight excluding hydrogens is 180 g/mol. The third-order valence-corrected chi connectivity index (χ3v) is 2.79. The maximum atomic E-state index is 10.2. The number of thioether (sulfide) groups is 1. The second-order valence-corrected chi connectivity index (χ2v) is 3.87. The first-order valence-electron chi connectivity index (χ1n) is 4.35. The molecule has 70 valence electrons. The molecule has 1 aromatic rings. The molecule has 0 saturated carbocycles. The standard InChI is InChI=1S/C11H14OS/c1-9-5-6-10(4-3-7-12)11(8-9)13-2/h5-8H,3-4H2,1-2H3. The molecule has 1 rings (SSSR count).